The molecule has 0 rings (SSSR count). The topological polar surface area (TPSA) is 61.6 Å². The highest BCUT2D eigenvalue weighted by atomic mass is 17.0. The maximum atomic E-state index is 9.58. The molecule has 0 aliphatic rings. The van der Waals surface area contributed by atoms with Crippen molar-refractivity contribution in [3.63, 3.8) is 0 Å². The Hall–Kier alpha value is -1.10. The average Bonchev–Trinajstić information content (AvgIpc) is 1.82. The van der Waals surface area contributed by atoms with E-state index in [1.54, 1.807) is 0 Å². The van der Waals surface area contributed by atoms with E-state index in [4.69, 9.17) is 0 Å². The monoisotopic (exact) mass is 133 g/mol. The highest BCUT2D eigenvalue weighted by Crippen LogP contribution is 1.92. The van der Waals surface area contributed by atoms with Crippen LogP contribution in [0, 0.1) is 10.1 Å². The van der Waals surface area contributed by atoms with Crippen LogP contribution in [0.1, 0.15) is 0 Å². The second-order valence-corrected chi connectivity index (χ2v) is 1.17. The predicted octanol–water partition coefficient (Wildman–Crippen LogP) is 0.353. The zero-order chi connectivity index (χ0) is 7.28. The number of hydrogen-bond acceptors (Lipinski definition) is 4. The molecule has 1 unspecified atom stereocenters. The number of nitrogens with zero attached hydrogens (tertiary/aromatic N) is 1. The van der Waals surface area contributed by atoms with Crippen molar-refractivity contribution in [2.24, 2.45) is 0 Å². The van der Waals surface area contributed by atoms with E-state index in [0.29, 0.717) is 0 Å². The quantitative estimate of drug-likeness (QED) is 0.240. The van der Waals surface area contributed by atoms with Crippen molar-refractivity contribution in [3.8, 4) is 0 Å². The third-order valence-corrected chi connectivity index (χ3v) is 0.615. The SMILES string of the molecule is C=CC(OC)O[N+](=O)[O-]. The molecule has 52 valence electrons. The van der Waals surface area contributed by atoms with E-state index in [1.165, 1.54) is 13.2 Å². The Balaban J connectivity index is 3.55. The molecule has 9 heavy (non-hydrogen) atoms. The van der Waals surface area contributed by atoms with E-state index in [1.807, 2.05) is 0 Å². The molecular weight excluding hydrogens is 126 g/mol. The second-order valence-electron chi connectivity index (χ2n) is 1.17. The molecule has 0 aromatic heterocycles. The lowest BCUT2D eigenvalue weighted by atomic mass is 10.6. The van der Waals surface area contributed by atoms with Crippen molar-refractivity contribution in [3.05, 3.63) is 22.8 Å². The molecule has 0 saturated heterocycles. The number of rotatable bonds is 4. The van der Waals surface area contributed by atoms with Gasteiger partial charge in [0.05, 0.1) is 0 Å². The highest BCUT2D eigenvalue weighted by Gasteiger charge is 2.04. The molecule has 0 saturated carbocycles. The first-order valence-electron chi connectivity index (χ1n) is 2.17. The van der Waals surface area contributed by atoms with Crippen LogP contribution in [0.5, 0.6) is 0 Å². The predicted molar refractivity (Wildman–Crippen MR) is 29.1 cm³/mol. The van der Waals surface area contributed by atoms with Gasteiger partial charge in [0.2, 0.25) is 6.29 Å². The van der Waals surface area contributed by atoms with E-state index in [9.17, 15) is 10.1 Å². The van der Waals surface area contributed by atoms with Gasteiger partial charge in [-0.25, -0.2) is 0 Å². The molecule has 0 spiro atoms. The molecule has 1 atom stereocenters. The Bertz CT molecular complexity index is 113. The number of ether oxygens (including phenoxy) is 1. The summed E-state index contributed by atoms with van der Waals surface area (Å²) < 4.78 is 4.43. The molecule has 0 aromatic rings. The fourth-order valence-electron chi connectivity index (χ4n) is 0.267. The first-order valence-corrected chi connectivity index (χ1v) is 2.17. The van der Waals surface area contributed by atoms with Gasteiger partial charge in [-0.15, -0.1) is 10.1 Å². The molecule has 0 radical (unpaired) electrons. The molecule has 0 amide bonds. The summed E-state index contributed by atoms with van der Waals surface area (Å²) in [5.74, 6) is 0. The first kappa shape index (κ1) is 7.90. The fraction of sp³-hybridized carbons (Fsp3) is 0.500. The lowest BCUT2D eigenvalue weighted by molar-refractivity contribution is -0.776. The van der Waals surface area contributed by atoms with Crippen LogP contribution >= 0.6 is 0 Å². The Morgan fingerprint density at radius 3 is 2.56 bits per heavy atom. The summed E-state index contributed by atoms with van der Waals surface area (Å²) in [6.45, 7) is 3.23. The molecule has 0 aromatic carbocycles. The van der Waals surface area contributed by atoms with E-state index in [0.717, 1.165) is 0 Å². The van der Waals surface area contributed by atoms with Crippen molar-refractivity contribution in [1.82, 2.24) is 0 Å². The summed E-state index contributed by atoms with van der Waals surface area (Å²) >= 11 is 0. The van der Waals surface area contributed by atoms with E-state index in [-0.39, 0.29) is 0 Å². The Morgan fingerprint density at radius 1 is 1.89 bits per heavy atom. The third kappa shape index (κ3) is 3.48. The molecule has 0 aliphatic heterocycles. The molecule has 0 fully saturated rings. The number of hydrogen-bond donors (Lipinski definition) is 0. The van der Waals surface area contributed by atoms with Crippen molar-refractivity contribution in [1.29, 1.82) is 0 Å². The average molecular weight is 133 g/mol. The third-order valence-electron chi connectivity index (χ3n) is 0.615. The van der Waals surface area contributed by atoms with Gasteiger partial charge >= 0.3 is 0 Å². The molecule has 0 N–H and O–H groups in total. The van der Waals surface area contributed by atoms with Crippen LogP contribution in [-0.4, -0.2) is 18.5 Å². The Morgan fingerprint density at radius 2 is 2.44 bits per heavy atom. The van der Waals surface area contributed by atoms with Crippen LogP contribution in [0.3, 0.4) is 0 Å². The summed E-state index contributed by atoms with van der Waals surface area (Å²) in [4.78, 5) is 13.5. The molecule has 5 heteroatoms. The molecule has 0 aliphatic carbocycles. The second kappa shape index (κ2) is 3.85. The number of methoxy groups -OCH3 is 1. The molecule has 0 bridgehead atoms. The normalized spacial score (nSPS) is 12.1. The smallest absolute Gasteiger partial charge is 0.297 e. The van der Waals surface area contributed by atoms with E-state index >= 15 is 0 Å². The van der Waals surface area contributed by atoms with Gasteiger partial charge < -0.3 is 4.74 Å². The van der Waals surface area contributed by atoms with Crippen LogP contribution in [0.4, 0.5) is 0 Å². The van der Waals surface area contributed by atoms with Crippen LogP contribution in [0.2, 0.25) is 0 Å². The van der Waals surface area contributed by atoms with Crippen molar-refractivity contribution in [2.45, 2.75) is 6.29 Å². The lowest BCUT2D eigenvalue weighted by Gasteiger charge is -2.05. The minimum atomic E-state index is -0.958. The van der Waals surface area contributed by atoms with Gasteiger partial charge in [-0.05, 0) is 6.08 Å². The van der Waals surface area contributed by atoms with Crippen molar-refractivity contribution >= 4 is 0 Å². The van der Waals surface area contributed by atoms with Gasteiger partial charge in [0, 0.05) is 7.11 Å². The van der Waals surface area contributed by atoms with Crippen molar-refractivity contribution < 1.29 is 14.7 Å². The van der Waals surface area contributed by atoms with Crippen LogP contribution in [0.25, 0.3) is 0 Å². The first-order chi connectivity index (χ1) is 4.20. The molecule has 0 heterocycles. The summed E-state index contributed by atoms with van der Waals surface area (Å²) in [5.41, 5.74) is 0. The van der Waals surface area contributed by atoms with E-state index in [2.05, 4.69) is 16.2 Å². The van der Waals surface area contributed by atoms with Gasteiger partial charge in [-0.3, -0.25) is 4.84 Å². The lowest BCUT2D eigenvalue weighted by Crippen LogP contribution is -2.15. The summed E-state index contributed by atoms with van der Waals surface area (Å²) in [6.07, 6.45) is 0.225. The van der Waals surface area contributed by atoms with Crippen molar-refractivity contribution in [2.75, 3.05) is 7.11 Å². The maximum absolute atomic E-state index is 9.58. The van der Waals surface area contributed by atoms with Crippen LogP contribution < -0.4 is 0 Å². The summed E-state index contributed by atoms with van der Waals surface area (Å²) in [7, 11) is 1.29. The van der Waals surface area contributed by atoms with Gasteiger partial charge in [0.1, 0.15) is 0 Å². The molecular formula is C4H7NO4. The maximum Gasteiger partial charge on any atom is 0.297 e. The summed E-state index contributed by atoms with van der Waals surface area (Å²) in [6, 6.07) is 0. The molecule has 5 nitrogen and oxygen atoms in total. The van der Waals surface area contributed by atoms with Gasteiger partial charge in [0.15, 0.2) is 0 Å². The highest BCUT2D eigenvalue weighted by molar-refractivity contribution is 4.69. The summed E-state index contributed by atoms with van der Waals surface area (Å²) in [5, 5.41) is 8.65. The van der Waals surface area contributed by atoms with Crippen LogP contribution in [-0.2, 0) is 9.57 Å². The van der Waals surface area contributed by atoms with Gasteiger partial charge in [-0.2, -0.15) is 0 Å². The minimum absolute atomic E-state index is 0.935. The van der Waals surface area contributed by atoms with Crippen LogP contribution in [0.15, 0.2) is 12.7 Å². The minimum Gasteiger partial charge on any atom is -0.353 e. The zero-order valence-corrected chi connectivity index (χ0v) is 4.94. The van der Waals surface area contributed by atoms with Gasteiger partial charge in [0.25, 0.3) is 5.09 Å². The van der Waals surface area contributed by atoms with E-state index < -0.39 is 11.4 Å². The standard InChI is InChI=1S/C4H7NO4/c1-3-4(8-2)9-5(6)7/h3-4H,1H2,2H3. The Kier molecular flexibility index (Phi) is 3.38. The Labute approximate surface area is 52.0 Å². The largest absolute Gasteiger partial charge is 0.353 e. The fourth-order valence-corrected chi connectivity index (χ4v) is 0.267. The zero-order valence-electron chi connectivity index (χ0n) is 4.94. The van der Waals surface area contributed by atoms with Gasteiger partial charge in [-0.1, -0.05) is 6.58 Å².